The first-order valence-electron chi connectivity index (χ1n) is 9.12. The van der Waals surface area contributed by atoms with Gasteiger partial charge in [0.1, 0.15) is 0 Å². The number of benzene rings is 2. The van der Waals surface area contributed by atoms with Gasteiger partial charge in [0.25, 0.3) is 0 Å². The van der Waals surface area contributed by atoms with Gasteiger partial charge < -0.3 is 15.2 Å². The van der Waals surface area contributed by atoms with Crippen LogP contribution in [0.4, 0.5) is 11.4 Å². The minimum atomic E-state index is -0.118. The van der Waals surface area contributed by atoms with Crippen molar-refractivity contribution in [3.8, 4) is 11.3 Å². The first kappa shape index (κ1) is 18.3. The van der Waals surface area contributed by atoms with Crippen molar-refractivity contribution in [1.29, 1.82) is 0 Å². The number of rotatable bonds is 6. The largest absolute Gasteiger partial charge is 0.333 e. The summed E-state index contributed by atoms with van der Waals surface area (Å²) in [6.07, 6.45) is 3.23. The summed E-state index contributed by atoms with van der Waals surface area (Å²) in [7, 11) is 0. The monoisotopic (exact) mass is 392 g/mol. The molecule has 6 nitrogen and oxygen atoms in total. The third-order valence-electron chi connectivity index (χ3n) is 4.49. The second-order valence-corrected chi connectivity index (χ2v) is 7.47. The average Bonchev–Trinajstić information content (AvgIpc) is 3.36. The zero-order chi connectivity index (χ0) is 19.3. The predicted octanol–water partition coefficient (Wildman–Crippen LogP) is 3.93. The smallest absolute Gasteiger partial charge is 0.234 e. The van der Waals surface area contributed by atoms with Gasteiger partial charge in [0.15, 0.2) is 5.16 Å². The van der Waals surface area contributed by atoms with Crippen LogP contribution in [0.2, 0.25) is 0 Å². The maximum absolute atomic E-state index is 12.3. The van der Waals surface area contributed by atoms with Crippen LogP contribution in [-0.4, -0.2) is 34.1 Å². The van der Waals surface area contributed by atoms with E-state index in [1.165, 1.54) is 11.8 Å². The van der Waals surface area contributed by atoms with E-state index in [1.807, 2.05) is 54.6 Å². The summed E-state index contributed by atoms with van der Waals surface area (Å²) in [6.45, 7) is 0.730. The molecule has 0 bridgehead atoms. The molecule has 4 rings (SSSR count). The average molecular weight is 392 g/mol. The number of hydrogen-bond acceptors (Lipinski definition) is 4. The lowest BCUT2D eigenvalue weighted by atomic mass is 10.2. The Morgan fingerprint density at radius 1 is 1.18 bits per heavy atom. The van der Waals surface area contributed by atoms with Crippen molar-refractivity contribution >= 4 is 35.0 Å². The normalized spacial score (nSPS) is 13.7. The van der Waals surface area contributed by atoms with Crippen molar-refractivity contribution < 1.29 is 9.59 Å². The molecule has 0 radical (unpaired) electrons. The summed E-state index contributed by atoms with van der Waals surface area (Å²) in [6, 6.07) is 17.3. The molecule has 2 N–H and O–H groups in total. The Hall–Kier alpha value is -3.06. The lowest BCUT2D eigenvalue weighted by molar-refractivity contribution is -0.117. The molecule has 1 aromatic heterocycles. The number of hydrogen-bond donors (Lipinski definition) is 2. The topological polar surface area (TPSA) is 78.1 Å². The van der Waals surface area contributed by atoms with Crippen LogP contribution >= 0.6 is 11.8 Å². The lowest BCUT2D eigenvalue weighted by Crippen LogP contribution is -2.23. The van der Waals surface area contributed by atoms with Crippen molar-refractivity contribution in [2.45, 2.75) is 18.0 Å². The highest BCUT2D eigenvalue weighted by Crippen LogP contribution is 2.25. The quantitative estimate of drug-likeness (QED) is 0.623. The molecule has 3 aromatic rings. The highest BCUT2D eigenvalue weighted by molar-refractivity contribution is 7.99. The molecule has 1 saturated heterocycles. The van der Waals surface area contributed by atoms with E-state index in [0.29, 0.717) is 17.3 Å². The third kappa shape index (κ3) is 4.26. The molecule has 0 unspecified atom stereocenters. The van der Waals surface area contributed by atoms with Gasteiger partial charge in [-0.15, -0.1) is 0 Å². The van der Waals surface area contributed by atoms with Gasteiger partial charge in [0, 0.05) is 24.3 Å². The molecule has 28 heavy (non-hydrogen) atoms. The van der Waals surface area contributed by atoms with E-state index in [2.05, 4.69) is 15.3 Å². The highest BCUT2D eigenvalue weighted by Gasteiger charge is 2.21. The number of nitrogens with one attached hydrogen (secondary N) is 2. The zero-order valence-corrected chi connectivity index (χ0v) is 16.0. The predicted molar refractivity (Wildman–Crippen MR) is 111 cm³/mol. The van der Waals surface area contributed by atoms with Crippen LogP contribution in [0, 0.1) is 0 Å². The highest BCUT2D eigenvalue weighted by atomic mass is 32.2. The van der Waals surface area contributed by atoms with Gasteiger partial charge in [-0.1, -0.05) is 48.2 Å². The van der Waals surface area contributed by atoms with Gasteiger partial charge in [-0.3, -0.25) is 9.59 Å². The Labute approximate surface area is 167 Å². The number of imidazole rings is 1. The lowest BCUT2D eigenvalue weighted by Gasteiger charge is -2.16. The first-order valence-corrected chi connectivity index (χ1v) is 10.1. The van der Waals surface area contributed by atoms with Gasteiger partial charge >= 0.3 is 0 Å². The minimum Gasteiger partial charge on any atom is -0.333 e. The molecule has 0 spiro atoms. The Morgan fingerprint density at radius 3 is 2.82 bits per heavy atom. The van der Waals surface area contributed by atoms with E-state index in [0.717, 1.165) is 29.9 Å². The molecule has 0 atom stereocenters. The van der Waals surface area contributed by atoms with Gasteiger partial charge in [-0.25, -0.2) is 4.98 Å². The number of H-pyrrole nitrogens is 1. The number of nitrogens with zero attached hydrogens (tertiary/aromatic N) is 2. The molecule has 1 fully saturated rings. The van der Waals surface area contributed by atoms with E-state index < -0.39 is 0 Å². The molecule has 142 valence electrons. The summed E-state index contributed by atoms with van der Waals surface area (Å²) in [5.74, 6) is 0.257. The molecule has 1 aliphatic rings. The summed E-state index contributed by atoms with van der Waals surface area (Å²) >= 11 is 1.35. The Morgan fingerprint density at radius 2 is 2.04 bits per heavy atom. The first-order chi connectivity index (χ1) is 13.7. The molecular formula is C21H20N4O2S. The summed E-state index contributed by atoms with van der Waals surface area (Å²) < 4.78 is 0. The van der Waals surface area contributed by atoms with Crippen molar-refractivity contribution in [2.75, 3.05) is 22.5 Å². The Bertz CT molecular complexity index is 987. The van der Waals surface area contributed by atoms with E-state index in [1.54, 1.807) is 11.1 Å². The molecule has 2 aromatic carbocycles. The van der Waals surface area contributed by atoms with Crippen LogP contribution in [-0.2, 0) is 9.59 Å². The Balaban J connectivity index is 1.34. The zero-order valence-electron chi connectivity index (χ0n) is 15.2. The van der Waals surface area contributed by atoms with E-state index >= 15 is 0 Å². The van der Waals surface area contributed by atoms with E-state index in [9.17, 15) is 9.59 Å². The molecular weight excluding hydrogens is 372 g/mol. The minimum absolute atomic E-state index is 0.118. The molecule has 0 saturated carbocycles. The number of aromatic amines is 1. The van der Waals surface area contributed by atoms with Crippen LogP contribution in [0.3, 0.4) is 0 Å². The van der Waals surface area contributed by atoms with Crippen molar-refractivity contribution in [3.05, 3.63) is 60.8 Å². The van der Waals surface area contributed by atoms with Gasteiger partial charge in [-0.2, -0.15) is 0 Å². The molecule has 0 aliphatic carbocycles. The fourth-order valence-electron chi connectivity index (χ4n) is 3.14. The molecule has 2 amide bonds. The molecule has 7 heteroatoms. The van der Waals surface area contributed by atoms with Crippen LogP contribution in [0.5, 0.6) is 0 Å². The second-order valence-electron chi connectivity index (χ2n) is 6.50. The number of amides is 2. The van der Waals surface area contributed by atoms with Crippen LogP contribution < -0.4 is 10.2 Å². The standard InChI is InChI=1S/C21H20N4O2S/c26-19(14-28-21-22-13-18(24-21)15-6-2-1-3-7-15)23-16-8-4-9-17(12-16)25-11-5-10-20(25)27/h1-4,6-9,12-13H,5,10-11,14H2,(H,22,24)(H,23,26). The van der Waals surface area contributed by atoms with Crippen LogP contribution in [0.15, 0.2) is 66.0 Å². The number of thioether (sulfide) groups is 1. The number of aromatic nitrogens is 2. The Kier molecular flexibility index (Phi) is 5.43. The van der Waals surface area contributed by atoms with Crippen molar-refractivity contribution in [3.63, 3.8) is 0 Å². The SMILES string of the molecule is O=C(CSc1ncc(-c2ccccc2)[nH]1)Nc1cccc(N2CCCC2=O)c1. The fraction of sp³-hybridized carbons (Fsp3) is 0.190. The van der Waals surface area contributed by atoms with Gasteiger partial charge in [0.2, 0.25) is 11.8 Å². The number of carbonyl (C=O) groups excluding carboxylic acids is 2. The van der Waals surface area contributed by atoms with Crippen LogP contribution in [0.25, 0.3) is 11.3 Å². The van der Waals surface area contributed by atoms with Crippen molar-refractivity contribution in [2.24, 2.45) is 0 Å². The van der Waals surface area contributed by atoms with Gasteiger partial charge in [0.05, 0.1) is 17.6 Å². The third-order valence-corrected chi connectivity index (χ3v) is 5.38. The fourth-order valence-corrected chi connectivity index (χ4v) is 3.79. The second kappa shape index (κ2) is 8.31. The molecule has 1 aliphatic heterocycles. The summed E-state index contributed by atoms with van der Waals surface area (Å²) in [5, 5.41) is 3.59. The number of carbonyl (C=O) groups is 2. The van der Waals surface area contributed by atoms with E-state index in [4.69, 9.17) is 0 Å². The van der Waals surface area contributed by atoms with Crippen LogP contribution in [0.1, 0.15) is 12.8 Å². The summed E-state index contributed by atoms with van der Waals surface area (Å²) in [5.41, 5.74) is 3.49. The van der Waals surface area contributed by atoms with E-state index in [-0.39, 0.29) is 17.6 Å². The number of anilines is 2. The van der Waals surface area contributed by atoms with Crippen molar-refractivity contribution in [1.82, 2.24) is 9.97 Å². The maximum Gasteiger partial charge on any atom is 0.234 e. The van der Waals surface area contributed by atoms with Gasteiger partial charge in [-0.05, 0) is 30.2 Å². The maximum atomic E-state index is 12.3. The summed E-state index contributed by atoms with van der Waals surface area (Å²) in [4.78, 5) is 33.5. The molecule has 2 heterocycles.